The number of fused-ring (bicyclic) bond motifs is 1. The summed E-state index contributed by atoms with van der Waals surface area (Å²) in [5.74, 6) is 0.997. The van der Waals surface area contributed by atoms with Crippen LogP contribution in [0.2, 0.25) is 0 Å². The lowest BCUT2D eigenvalue weighted by Gasteiger charge is -2.18. The second-order valence-corrected chi connectivity index (χ2v) is 4.57. The highest BCUT2D eigenvalue weighted by Gasteiger charge is 2.24. The third kappa shape index (κ3) is 2.09. The van der Waals surface area contributed by atoms with Crippen molar-refractivity contribution in [3.8, 4) is 5.75 Å². The van der Waals surface area contributed by atoms with Crippen LogP contribution < -0.4 is 10.1 Å². The number of hydrogen-bond acceptors (Lipinski definition) is 3. The van der Waals surface area contributed by atoms with Gasteiger partial charge in [0, 0.05) is 24.0 Å². The molecule has 1 N–H and O–H groups in total. The topological polar surface area (TPSA) is 34.1 Å². The van der Waals surface area contributed by atoms with E-state index in [1.165, 1.54) is 11.1 Å². The molecule has 0 saturated carbocycles. The van der Waals surface area contributed by atoms with E-state index in [0.29, 0.717) is 6.61 Å². The average molecular weight is 240 g/mol. The first-order chi connectivity index (χ1) is 8.84. The fourth-order valence-corrected chi connectivity index (χ4v) is 2.35. The highest BCUT2D eigenvalue weighted by atomic mass is 16.5. The Morgan fingerprint density at radius 2 is 2.00 bits per heavy atom. The van der Waals surface area contributed by atoms with Crippen molar-refractivity contribution in [2.45, 2.75) is 19.0 Å². The smallest absolute Gasteiger partial charge is 0.124 e. The molecule has 0 bridgehead atoms. The molecule has 2 aromatic rings. The molecule has 0 radical (unpaired) electrons. The first-order valence-corrected chi connectivity index (χ1v) is 6.22. The van der Waals surface area contributed by atoms with Crippen molar-refractivity contribution >= 4 is 0 Å². The summed E-state index contributed by atoms with van der Waals surface area (Å²) in [4.78, 5) is 4.04. The van der Waals surface area contributed by atoms with Gasteiger partial charge in [-0.1, -0.05) is 18.2 Å². The van der Waals surface area contributed by atoms with Gasteiger partial charge in [-0.05, 0) is 30.7 Å². The number of nitrogens with one attached hydrogen (secondary N) is 1. The Morgan fingerprint density at radius 1 is 1.22 bits per heavy atom. The van der Waals surface area contributed by atoms with Gasteiger partial charge in [0.25, 0.3) is 0 Å². The zero-order valence-electron chi connectivity index (χ0n) is 10.3. The van der Waals surface area contributed by atoms with Gasteiger partial charge in [-0.2, -0.15) is 0 Å². The molecule has 92 valence electrons. The van der Waals surface area contributed by atoms with Crippen LogP contribution in [-0.4, -0.2) is 11.6 Å². The summed E-state index contributed by atoms with van der Waals surface area (Å²) in [5.41, 5.74) is 2.49. The third-order valence-corrected chi connectivity index (χ3v) is 3.36. The first-order valence-electron chi connectivity index (χ1n) is 6.22. The van der Waals surface area contributed by atoms with Crippen LogP contribution in [0.15, 0.2) is 48.8 Å². The third-order valence-electron chi connectivity index (χ3n) is 3.36. The predicted octanol–water partition coefficient (Wildman–Crippen LogP) is 2.87. The van der Waals surface area contributed by atoms with Gasteiger partial charge in [0.05, 0.1) is 6.04 Å². The summed E-state index contributed by atoms with van der Waals surface area (Å²) in [7, 11) is 0. The highest BCUT2D eigenvalue weighted by molar-refractivity contribution is 5.39. The maximum Gasteiger partial charge on any atom is 0.124 e. The number of hydrogen-bond donors (Lipinski definition) is 1. The maximum atomic E-state index is 5.67. The molecule has 1 aliphatic heterocycles. The summed E-state index contributed by atoms with van der Waals surface area (Å²) in [6.45, 7) is 2.87. The Morgan fingerprint density at radius 3 is 2.83 bits per heavy atom. The van der Waals surface area contributed by atoms with Crippen molar-refractivity contribution in [1.29, 1.82) is 0 Å². The molecule has 18 heavy (non-hydrogen) atoms. The van der Waals surface area contributed by atoms with Gasteiger partial charge >= 0.3 is 0 Å². The van der Waals surface area contributed by atoms with Crippen molar-refractivity contribution in [2.24, 2.45) is 0 Å². The van der Waals surface area contributed by atoms with Crippen LogP contribution in [0, 0.1) is 0 Å². The number of benzene rings is 1. The van der Waals surface area contributed by atoms with Crippen molar-refractivity contribution in [3.05, 3.63) is 59.9 Å². The van der Waals surface area contributed by atoms with Gasteiger partial charge < -0.3 is 10.1 Å². The normalized spacial score (nSPS) is 19.1. The zero-order chi connectivity index (χ0) is 12.4. The standard InChI is InChI=1S/C15H16N2O/c1-11(12-6-8-16-9-7-12)17-14-10-18-15-5-3-2-4-13(14)15/h2-9,11,14,17H,10H2,1H3. The van der Waals surface area contributed by atoms with E-state index in [-0.39, 0.29) is 12.1 Å². The Labute approximate surface area is 107 Å². The molecule has 0 fully saturated rings. The quantitative estimate of drug-likeness (QED) is 0.895. The van der Waals surface area contributed by atoms with Crippen molar-refractivity contribution in [3.63, 3.8) is 0 Å². The van der Waals surface area contributed by atoms with Crippen molar-refractivity contribution in [1.82, 2.24) is 10.3 Å². The van der Waals surface area contributed by atoms with E-state index in [9.17, 15) is 0 Å². The van der Waals surface area contributed by atoms with Crippen LogP contribution in [0.25, 0.3) is 0 Å². The SMILES string of the molecule is CC(NC1COc2ccccc21)c1ccncc1. The molecule has 3 nitrogen and oxygen atoms in total. The number of pyridine rings is 1. The molecule has 1 aliphatic rings. The second-order valence-electron chi connectivity index (χ2n) is 4.57. The molecule has 0 saturated heterocycles. The Balaban J connectivity index is 1.75. The van der Waals surface area contributed by atoms with E-state index >= 15 is 0 Å². The fraction of sp³-hybridized carbons (Fsp3) is 0.267. The minimum Gasteiger partial charge on any atom is -0.491 e. The fourth-order valence-electron chi connectivity index (χ4n) is 2.35. The molecule has 2 unspecified atom stereocenters. The van der Waals surface area contributed by atoms with E-state index in [0.717, 1.165) is 5.75 Å². The van der Waals surface area contributed by atoms with Crippen LogP contribution >= 0.6 is 0 Å². The minimum absolute atomic E-state index is 0.268. The maximum absolute atomic E-state index is 5.67. The van der Waals surface area contributed by atoms with Crippen LogP contribution in [0.3, 0.4) is 0 Å². The van der Waals surface area contributed by atoms with Gasteiger partial charge in [0.1, 0.15) is 12.4 Å². The predicted molar refractivity (Wildman–Crippen MR) is 70.5 cm³/mol. The number of ether oxygens (including phenoxy) is 1. The molecule has 0 aliphatic carbocycles. The molecule has 0 spiro atoms. The first kappa shape index (κ1) is 11.2. The lowest BCUT2D eigenvalue weighted by Crippen LogP contribution is -2.25. The molecular weight excluding hydrogens is 224 g/mol. The number of aromatic nitrogens is 1. The molecule has 3 heteroatoms. The van der Waals surface area contributed by atoms with Gasteiger partial charge in [-0.3, -0.25) is 4.98 Å². The van der Waals surface area contributed by atoms with Gasteiger partial charge in [0.2, 0.25) is 0 Å². The summed E-state index contributed by atoms with van der Waals surface area (Å²) in [6, 6.07) is 12.8. The highest BCUT2D eigenvalue weighted by Crippen LogP contribution is 2.33. The molecular formula is C15H16N2O. The lowest BCUT2D eigenvalue weighted by atomic mass is 10.1. The van der Waals surface area contributed by atoms with E-state index in [1.54, 1.807) is 0 Å². The average Bonchev–Trinajstić information content (AvgIpc) is 2.83. The summed E-state index contributed by atoms with van der Waals surface area (Å²) < 4.78 is 5.67. The van der Waals surface area contributed by atoms with Gasteiger partial charge in [-0.25, -0.2) is 0 Å². The summed E-state index contributed by atoms with van der Waals surface area (Å²) >= 11 is 0. The zero-order valence-corrected chi connectivity index (χ0v) is 10.3. The molecule has 0 amide bonds. The summed E-state index contributed by atoms with van der Waals surface area (Å²) in [5, 5.41) is 3.60. The Hall–Kier alpha value is -1.87. The van der Waals surface area contributed by atoms with E-state index in [1.807, 2.05) is 36.7 Å². The lowest BCUT2D eigenvalue weighted by molar-refractivity contribution is 0.301. The molecule has 1 aromatic carbocycles. The van der Waals surface area contributed by atoms with Gasteiger partial charge in [-0.15, -0.1) is 0 Å². The monoisotopic (exact) mass is 240 g/mol. The van der Waals surface area contributed by atoms with Crippen molar-refractivity contribution < 1.29 is 4.74 Å². The molecule has 2 atom stereocenters. The summed E-state index contributed by atoms with van der Waals surface area (Å²) in [6.07, 6.45) is 3.65. The molecule has 1 aromatic heterocycles. The minimum atomic E-state index is 0.268. The second kappa shape index (κ2) is 4.78. The van der Waals surface area contributed by atoms with Crippen LogP contribution in [0.4, 0.5) is 0 Å². The van der Waals surface area contributed by atoms with E-state index in [2.05, 4.69) is 29.4 Å². The number of nitrogens with zero attached hydrogens (tertiary/aromatic N) is 1. The van der Waals surface area contributed by atoms with Crippen molar-refractivity contribution in [2.75, 3.05) is 6.61 Å². The van der Waals surface area contributed by atoms with Gasteiger partial charge in [0.15, 0.2) is 0 Å². The van der Waals surface area contributed by atoms with E-state index < -0.39 is 0 Å². The van der Waals surface area contributed by atoms with E-state index in [4.69, 9.17) is 4.74 Å². The Kier molecular flexibility index (Phi) is 2.99. The molecule has 2 heterocycles. The molecule has 3 rings (SSSR count). The number of para-hydroxylation sites is 1. The van der Waals surface area contributed by atoms with Crippen LogP contribution in [0.5, 0.6) is 5.75 Å². The van der Waals surface area contributed by atoms with Crippen LogP contribution in [-0.2, 0) is 0 Å². The number of rotatable bonds is 3. The Bertz CT molecular complexity index is 527. The van der Waals surface area contributed by atoms with Crippen LogP contribution in [0.1, 0.15) is 30.1 Å². The largest absolute Gasteiger partial charge is 0.491 e.